The Kier molecular flexibility index (Phi) is 2.97. The summed E-state index contributed by atoms with van der Waals surface area (Å²) in [6.45, 7) is 9.69. The highest BCUT2D eigenvalue weighted by Gasteiger charge is 2.44. The minimum Gasteiger partial charge on any atom is -0.373 e. The lowest BCUT2D eigenvalue weighted by molar-refractivity contribution is -0.120. The number of carbonyl (C=O) groups excluding carboxylic acids is 1. The Morgan fingerprint density at radius 1 is 1.39 bits per heavy atom. The summed E-state index contributed by atoms with van der Waals surface area (Å²) >= 11 is 0. The maximum absolute atomic E-state index is 12.1. The van der Waals surface area contributed by atoms with Crippen LogP contribution in [-0.4, -0.2) is 22.4 Å². The lowest BCUT2D eigenvalue weighted by atomic mass is 9.93. The minimum atomic E-state index is -0.828. The first-order chi connectivity index (χ1) is 8.23. The summed E-state index contributed by atoms with van der Waals surface area (Å²) in [5.41, 5.74) is -0.170. The highest BCUT2D eigenvalue weighted by Crippen LogP contribution is 2.34. The van der Waals surface area contributed by atoms with E-state index in [1.54, 1.807) is 6.07 Å². The van der Waals surface area contributed by atoms with Crippen LogP contribution in [0.25, 0.3) is 0 Å². The minimum absolute atomic E-state index is 0.104. The zero-order valence-corrected chi connectivity index (χ0v) is 11.5. The second-order valence-corrected chi connectivity index (χ2v) is 6.07. The van der Waals surface area contributed by atoms with E-state index in [0.717, 1.165) is 0 Å². The van der Waals surface area contributed by atoms with E-state index in [1.165, 1.54) is 4.90 Å². The second-order valence-electron chi connectivity index (χ2n) is 6.07. The van der Waals surface area contributed by atoms with Crippen LogP contribution in [0, 0.1) is 11.8 Å². The van der Waals surface area contributed by atoms with Crippen LogP contribution in [0.3, 0.4) is 0 Å². The van der Waals surface area contributed by atoms with E-state index in [2.05, 4.69) is 5.16 Å². The molecule has 1 aromatic heterocycles. The molecule has 2 rings (SSSR count). The molecule has 0 saturated carbocycles. The first kappa shape index (κ1) is 13.1. The molecular weight excluding hydrogens is 232 g/mol. The molecule has 1 amide bonds. The zero-order valence-electron chi connectivity index (χ0n) is 11.5. The molecule has 3 atom stereocenters. The molecule has 0 aliphatic carbocycles. The molecule has 5 heteroatoms. The van der Waals surface area contributed by atoms with Gasteiger partial charge in [0.15, 0.2) is 5.82 Å². The van der Waals surface area contributed by atoms with Gasteiger partial charge in [-0.2, -0.15) is 0 Å². The number of aromatic nitrogens is 1. The van der Waals surface area contributed by atoms with Crippen molar-refractivity contribution in [2.45, 2.75) is 46.3 Å². The summed E-state index contributed by atoms with van der Waals surface area (Å²) in [6.07, 6.45) is -0.828. The van der Waals surface area contributed by atoms with Crippen LogP contribution in [-0.2, 0) is 10.2 Å². The van der Waals surface area contributed by atoms with E-state index < -0.39 is 6.23 Å². The van der Waals surface area contributed by atoms with Crippen molar-refractivity contribution in [3.8, 4) is 0 Å². The summed E-state index contributed by atoms with van der Waals surface area (Å²) in [4.78, 5) is 13.4. The standard InChI is InChI=1S/C13H20N2O3/c1-7-8(2)12(17)15(11(7)16)10-6-9(18-14-10)13(3,4)5/h6-8,11,16H,1-5H3/t7-,8+,11?/m0/s1. The van der Waals surface area contributed by atoms with Crippen LogP contribution in [0.4, 0.5) is 5.82 Å². The Balaban J connectivity index is 2.33. The molecule has 1 N–H and O–H groups in total. The molecule has 18 heavy (non-hydrogen) atoms. The van der Waals surface area contributed by atoms with Gasteiger partial charge in [-0.3, -0.25) is 9.69 Å². The van der Waals surface area contributed by atoms with E-state index in [-0.39, 0.29) is 23.2 Å². The summed E-state index contributed by atoms with van der Waals surface area (Å²) in [6, 6.07) is 1.73. The summed E-state index contributed by atoms with van der Waals surface area (Å²) in [7, 11) is 0. The maximum atomic E-state index is 12.1. The van der Waals surface area contributed by atoms with Crippen molar-refractivity contribution in [2.24, 2.45) is 11.8 Å². The average molecular weight is 252 g/mol. The number of hydrogen-bond donors (Lipinski definition) is 1. The fourth-order valence-corrected chi connectivity index (χ4v) is 2.05. The third-order valence-electron chi connectivity index (χ3n) is 3.63. The van der Waals surface area contributed by atoms with Gasteiger partial charge in [-0.05, 0) is 0 Å². The molecule has 5 nitrogen and oxygen atoms in total. The molecule has 1 saturated heterocycles. The highest BCUT2D eigenvalue weighted by atomic mass is 16.5. The van der Waals surface area contributed by atoms with Crippen molar-refractivity contribution in [3.63, 3.8) is 0 Å². The average Bonchev–Trinajstić information content (AvgIpc) is 2.81. The topological polar surface area (TPSA) is 66.6 Å². The summed E-state index contributed by atoms with van der Waals surface area (Å²) < 4.78 is 5.25. The van der Waals surface area contributed by atoms with Crippen LogP contribution in [0.15, 0.2) is 10.6 Å². The quantitative estimate of drug-likeness (QED) is 0.829. The third-order valence-corrected chi connectivity index (χ3v) is 3.63. The fourth-order valence-electron chi connectivity index (χ4n) is 2.05. The van der Waals surface area contributed by atoms with Crippen molar-refractivity contribution >= 4 is 11.7 Å². The molecule has 100 valence electrons. The first-order valence-electron chi connectivity index (χ1n) is 6.22. The van der Waals surface area contributed by atoms with Gasteiger partial charge in [-0.1, -0.05) is 39.8 Å². The normalized spacial score (nSPS) is 29.1. The lowest BCUT2D eigenvalue weighted by Crippen LogP contribution is -2.34. The molecule has 0 spiro atoms. The smallest absolute Gasteiger partial charge is 0.233 e. The number of carbonyl (C=O) groups is 1. The molecule has 1 aromatic rings. The molecule has 1 aliphatic rings. The van der Waals surface area contributed by atoms with E-state index in [9.17, 15) is 9.90 Å². The van der Waals surface area contributed by atoms with Crippen molar-refractivity contribution < 1.29 is 14.4 Å². The van der Waals surface area contributed by atoms with Gasteiger partial charge in [-0.15, -0.1) is 0 Å². The lowest BCUT2D eigenvalue weighted by Gasteiger charge is -2.18. The van der Waals surface area contributed by atoms with Crippen molar-refractivity contribution in [1.29, 1.82) is 0 Å². The fraction of sp³-hybridized carbons (Fsp3) is 0.692. The van der Waals surface area contributed by atoms with Gasteiger partial charge in [0, 0.05) is 23.3 Å². The molecule has 2 heterocycles. The monoisotopic (exact) mass is 252 g/mol. The molecule has 0 bridgehead atoms. The number of aliphatic hydroxyl groups is 1. The predicted octanol–water partition coefficient (Wildman–Crippen LogP) is 1.91. The van der Waals surface area contributed by atoms with Gasteiger partial charge >= 0.3 is 0 Å². The maximum Gasteiger partial charge on any atom is 0.233 e. The van der Waals surface area contributed by atoms with Crippen LogP contribution in [0.1, 0.15) is 40.4 Å². The Morgan fingerprint density at radius 2 is 2.00 bits per heavy atom. The highest BCUT2D eigenvalue weighted by molar-refractivity contribution is 5.96. The Hall–Kier alpha value is -1.36. The number of aliphatic hydroxyl groups excluding tert-OH is 1. The summed E-state index contributed by atoms with van der Waals surface area (Å²) in [5.74, 6) is 0.684. The molecule has 0 radical (unpaired) electrons. The Morgan fingerprint density at radius 3 is 2.39 bits per heavy atom. The predicted molar refractivity (Wildman–Crippen MR) is 67.0 cm³/mol. The number of amides is 1. The van der Waals surface area contributed by atoms with Gasteiger partial charge < -0.3 is 9.63 Å². The van der Waals surface area contributed by atoms with Crippen LogP contribution in [0.2, 0.25) is 0 Å². The van der Waals surface area contributed by atoms with E-state index in [0.29, 0.717) is 11.6 Å². The van der Waals surface area contributed by atoms with Gasteiger partial charge in [0.1, 0.15) is 12.0 Å². The number of anilines is 1. The number of hydrogen-bond acceptors (Lipinski definition) is 4. The van der Waals surface area contributed by atoms with E-state index in [1.807, 2.05) is 34.6 Å². The first-order valence-corrected chi connectivity index (χ1v) is 6.22. The summed E-state index contributed by atoms with van der Waals surface area (Å²) in [5, 5.41) is 14.0. The van der Waals surface area contributed by atoms with Crippen LogP contribution in [0.5, 0.6) is 0 Å². The molecule has 1 unspecified atom stereocenters. The number of rotatable bonds is 1. The van der Waals surface area contributed by atoms with Gasteiger partial charge in [0.05, 0.1) is 0 Å². The Bertz CT molecular complexity index is 461. The Labute approximate surface area is 107 Å². The molecule has 1 fully saturated rings. The second kappa shape index (κ2) is 4.09. The molecular formula is C13H20N2O3. The molecule has 1 aliphatic heterocycles. The van der Waals surface area contributed by atoms with E-state index >= 15 is 0 Å². The van der Waals surface area contributed by atoms with Crippen molar-refractivity contribution in [2.75, 3.05) is 4.90 Å². The van der Waals surface area contributed by atoms with E-state index in [4.69, 9.17) is 4.52 Å². The van der Waals surface area contributed by atoms with Crippen molar-refractivity contribution in [1.82, 2.24) is 5.16 Å². The SMILES string of the molecule is C[C@@H]1C(O)N(c2cc(C(C)(C)C)on2)C(=O)[C@@H]1C. The van der Waals surface area contributed by atoms with Crippen molar-refractivity contribution in [3.05, 3.63) is 11.8 Å². The zero-order chi connectivity index (χ0) is 13.7. The van der Waals surface area contributed by atoms with Gasteiger partial charge in [0.2, 0.25) is 5.91 Å². The van der Waals surface area contributed by atoms with Gasteiger partial charge in [0.25, 0.3) is 0 Å². The third kappa shape index (κ3) is 1.92. The largest absolute Gasteiger partial charge is 0.373 e. The van der Waals surface area contributed by atoms with Crippen LogP contribution < -0.4 is 4.90 Å². The number of nitrogens with zero attached hydrogens (tertiary/aromatic N) is 2. The van der Waals surface area contributed by atoms with Gasteiger partial charge in [-0.25, -0.2) is 0 Å². The molecule has 0 aromatic carbocycles. The van der Waals surface area contributed by atoms with Crippen LogP contribution >= 0.6 is 0 Å².